The molecule has 1 aromatic carbocycles. The minimum Gasteiger partial charge on any atom is -0.496 e. The van der Waals surface area contributed by atoms with Gasteiger partial charge in [-0.05, 0) is 34.7 Å². The van der Waals surface area contributed by atoms with Gasteiger partial charge in [0.05, 0.1) is 12.1 Å². The number of hydrogen-bond donors (Lipinski definition) is 1. The molecule has 0 aromatic heterocycles. The fourth-order valence-corrected chi connectivity index (χ4v) is 1.63. The lowest BCUT2D eigenvalue weighted by molar-refractivity contribution is 0.0997. The van der Waals surface area contributed by atoms with Crippen LogP contribution in [0.5, 0.6) is 5.75 Å². The second-order valence-corrected chi connectivity index (χ2v) is 3.84. The molecule has 0 spiro atoms. The van der Waals surface area contributed by atoms with Crippen LogP contribution in [0.25, 0.3) is 0 Å². The van der Waals surface area contributed by atoms with E-state index >= 15 is 0 Å². The van der Waals surface area contributed by atoms with Crippen LogP contribution >= 0.6 is 34.2 Å². The summed E-state index contributed by atoms with van der Waals surface area (Å²) in [5.74, 6) is -0.182. The largest absolute Gasteiger partial charge is 0.496 e. The number of primary amides is 1. The van der Waals surface area contributed by atoms with Crippen molar-refractivity contribution >= 4 is 40.1 Å². The van der Waals surface area contributed by atoms with Crippen molar-refractivity contribution in [1.82, 2.24) is 0 Å². The van der Waals surface area contributed by atoms with Crippen molar-refractivity contribution in [2.24, 2.45) is 5.73 Å². The van der Waals surface area contributed by atoms with Gasteiger partial charge in [-0.25, -0.2) is 0 Å². The first-order valence-electron chi connectivity index (χ1n) is 3.39. The van der Waals surface area contributed by atoms with Crippen LogP contribution in [0.15, 0.2) is 12.1 Å². The minimum atomic E-state index is -0.583. The zero-order valence-electron chi connectivity index (χ0n) is 6.80. The number of benzene rings is 1. The summed E-state index contributed by atoms with van der Waals surface area (Å²) in [5.41, 5.74) is 5.39. The van der Waals surface area contributed by atoms with Gasteiger partial charge in [0.15, 0.2) is 0 Å². The summed E-state index contributed by atoms with van der Waals surface area (Å²) in [6.07, 6.45) is 0. The molecule has 2 N–H and O–H groups in total. The Bertz CT molecular complexity index is 354. The number of rotatable bonds is 2. The maximum absolute atomic E-state index is 11.0. The summed E-state index contributed by atoms with van der Waals surface area (Å²) in [7, 11) is 1.46. The fraction of sp³-hybridized carbons (Fsp3) is 0.125. The Morgan fingerprint density at radius 2 is 2.23 bits per heavy atom. The van der Waals surface area contributed by atoms with Crippen molar-refractivity contribution in [3.8, 4) is 5.75 Å². The van der Waals surface area contributed by atoms with Crippen LogP contribution in [-0.2, 0) is 0 Å². The van der Waals surface area contributed by atoms with E-state index in [1.165, 1.54) is 7.11 Å². The Hall–Kier alpha value is -0.490. The lowest BCUT2D eigenvalue weighted by Crippen LogP contribution is -2.13. The molecule has 0 radical (unpaired) electrons. The van der Waals surface area contributed by atoms with Gasteiger partial charge in [-0.15, -0.1) is 0 Å². The SMILES string of the molecule is COc1ccc(I)c(Cl)c1C(N)=O. The molecule has 3 nitrogen and oxygen atoms in total. The molecule has 0 heterocycles. The van der Waals surface area contributed by atoms with Crippen molar-refractivity contribution < 1.29 is 9.53 Å². The molecule has 0 aliphatic carbocycles. The van der Waals surface area contributed by atoms with Gasteiger partial charge in [0, 0.05) is 3.57 Å². The fourth-order valence-electron chi connectivity index (χ4n) is 0.933. The molecular formula is C8H7ClINO2. The van der Waals surface area contributed by atoms with E-state index in [0.717, 1.165) is 3.57 Å². The van der Waals surface area contributed by atoms with E-state index in [1.807, 2.05) is 22.6 Å². The van der Waals surface area contributed by atoms with Gasteiger partial charge in [0.1, 0.15) is 11.3 Å². The Morgan fingerprint density at radius 1 is 1.62 bits per heavy atom. The van der Waals surface area contributed by atoms with Gasteiger partial charge in [0.2, 0.25) is 0 Å². The molecule has 0 unspecified atom stereocenters. The Morgan fingerprint density at radius 3 is 2.69 bits per heavy atom. The van der Waals surface area contributed by atoms with Crippen molar-refractivity contribution in [1.29, 1.82) is 0 Å². The zero-order valence-corrected chi connectivity index (χ0v) is 9.72. The molecular weight excluding hydrogens is 304 g/mol. The third-order valence-electron chi connectivity index (χ3n) is 1.52. The quantitative estimate of drug-likeness (QED) is 0.850. The predicted octanol–water partition coefficient (Wildman–Crippen LogP) is 2.05. The first-order valence-corrected chi connectivity index (χ1v) is 4.85. The highest BCUT2D eigenvalue weighted by atomic mass is 127. The normalized spacial score (nSPS) is 9.77. The van der Waals surface area contributed by atoms with Crippen LogP contribution in [0.2, 0.25) is 5.02 Å². The number of hydrogen-bond acceptors (Lipinski definition) is 2. The maximum Gasteiger partial charge on any atom is 0.254 e. The molecule has 0 bridgehead atoms. The smallest absolute Gasteiger partial charge is 0.254 e. The van der Waals surface area contributed by atoms with E-state index in [1.54, 1.807) is 12.1 Å². The summed E-state index contributed by atoms with van der Waals surface area (Å²) < 4.78 is 5.73. The number of methoxy groups -OCH3 is 1. The number of ether oxygens (including phenoxy) is 1. The van der Waals surface area contributed by atoms with Crippen LogP contribution in [0.3, 0.4) is 0 Å². The predicted molar refractivity (Wildman–Crippen MR) is 59.2 cm³/mol. The first-order chi connectivity index (χ1) is 6.07. The van der Waals surface area contributed by atoms with Gasteiger partial charge in [-0.2, -0.15) is 0 Å². The van der Waals surface area contributed by atoms with E-state index in [4.69, 9.17) is 22.1 Å². The van der Waals surface area contributed by atoms with E-state index < -0.39 is 5.91 Å². The standard InChI is InChI=1S/C8H7ClINO2/c1-13-5-3-2-4(10)7(9)6(5)8(11)12/h2-3H,1H3,(H2,11,12). The molecule has 0 saturated carbocycles. The summed E-state index contributed by atoms with van der Waals surface area (Å²) in [4.78, 5) is 11.0. The van der Waals surface area contributed by atoms with Gasteiger partial charge in [0.25, 0.3) is 5.91 Å². The van der Waals surface area contributed by atoms with Crippen molar-refractivity contribution in [3.05, 3.63) is 26.3 Å². The van der Waals surface area contributed by atoms with E-state index in [9.17, 15) is 4.79 Å². The zero-order chi connectivity index (χ0) is 10.0. The number of carbonyl (C=O) groups is 1. The molecule has 1 aromatic rings. The number of carbonyl (C=O) groups excluding carboxylic acids is 1. The van der Waals surface area contributed by atoms with Crippen LogP contribution in [0.4, 0.5) is 0 Å². The Kier molecular flexibility index (Phi) is 3.38. The topological polar surface area (TPSA) is 52.3 Å². The van der Waals surface area contributed by atoms with Crippen molar-refractivity contribution in [3.63, 3.8) is 0 Å². The van der Waals surface area contributed by atoms with Crippen LogP contribution in [-0.4, -0.2) is 13.0 Å². The van der Waals surface area contributed by atoms with Crippen molar-refractivity contribution in [2.45, 2.75) is 0 Å². The molecule has 1 rings (SSSR count). The highest BCUT2D eigenvalue weighted by Crippen LogP contribution is 2.30. The molecule has 0 saturated heterocycles. The molecule has 0 atom stereocenters. The third kappa shape index (κ3) is 2.05. The van der Waals surface area contributed by atoms with Gasteiger partial charge < -0.3 is 10.5 Å². The third-order valence-corrected chi connectivity index (χ3v) is 3.13. The van der Waals surface area contributed by atoms with Gasteiger partial charge >= 0.3 is 0 Å². The van der Waals surface area contributed by atoms with E-state index in [-0.39, 0.29) is 5.56 Å². The first kappa shape index (κ1) is 10.6. The molecule has 0 aliphatic rings. The molecule has 1 amide bonds. The lowest BCUT2D eigenvalue weighted by atomic mass is 10.2. The van der Waals surface area contributed by atoms with E-state index in [2.05, 4.69) is 0 Å². The minimum absolute atomic E-state index is 0.232. The highest BCUT2D eigenvalue weighted by molar-refractivity contribution is 14.1. The van der Waals surface area contributed by atoms with Crippen LogP contribution in [0.1, 0.15) is 10.4 Å². The monoisotopic (exact) mass is 311 g/mol. The van der Waals surface area contributed by atoms with Gasteiger partial charge in [-0.3, -0.25) is 4.79 Å². The average molecular weight is 312 g/mol. The average Bonchev–Trinajstić information content (AvgIpc) is 2.08. The number of halogens is 2. The molecule has 0 aliphatic heterocycles. The summed E-state index contributed by atoms with van der Waals surface area (Å²) >= 11 is 7.90. The molecule has 5 heteroatoms. The summed E-state index contributed by atoms with van der Waals surface area (Å²) in [6.45, 7) is 0. The lowest BCUT2D eigenvalue weighted by Gasteiger charge is -2.07. The van der Waals surface area contributed by atoms with Gasteiger partial charge in [-0.1, -0.05) is 11.6 Å². The molecule has 70 valence electrons. The molecule has 13 heavy (non-hydrogen) atoms. The summed E-state index contributed by atoms with van der Waals surface area (Å²) in [5, 5.41) is 0.340. The van der Waals surface area contributed by atoms with Crippen LogP contribution in [0, 0.1) is 3.57 Å². The summed E-state index contributed by atoms with van der Waals surface area (Å²) in [6, 6.07) is 3.42. The van der Waals surface area contributed by atoms with Crippen molar-refractivity contribution in [2.75, 3.05) is 7.11 Å². The number of amides is 1. The highest BCUT2D eigenvalue weighted by Gasteiger charge is 2.15. The second-order valence-electron chi connectivity index (χ2n) is 2.30. The number of nitrogens with two attached hydrogens (primary N) is 1. The molecule has 0 fully saturated rings. The van der Waals surface area contributed by atoms with E-state index in [0.29, 0.717) is 10.8 Å². The second kappa shape index (κ2) is 4.15. The maximum atomic E-state index is 11.0. The Labute approximate surface area is 94.3 Å². The Balaban J connectivity index is 3.41. The van der Waals surface area contributed by atoms with Crippen LogP contribution < -0.4 is 10.5 Å².